The van der Waals surface area contributed by atoms with Crippen molar-refractivity contribution in [3.63, 3.8) is 0 Å². The zero-order valence-corrected chi connectivity index (χ0v) is 24.9. The smallest absolute Gasteiger partial charge is 0.308 e. The van der Waals surface area contributed by atoms with Crippen molar-refractivity contribution in [2.45, 2.75) is 29.7 Å². The van der Waals surface area contributed by atoms with Crippen LogP contribution in [0.15, 0.2) is 87.1 Å². The van der Waals surface area contributed by atoms with E-state index in [2.05, 4.69) is 21.2 Å². The number of aryl methyl sites for hydroxylation is 1. The lowest BCUT2D eigenvalue weighted by atomic mass is 9.83. The molecule has 2 aliphatic heterocycles. The molecular weight excluding hydrogens is 634 g/mol. The highest BCUT2D eigenvalue weighted by Crippen LogP contribution is 2.54. The van der Waals surface area contributed by atoms with Crippen molar-refractivity contribution in [2.24, 2.45) is 5.92 Å². The highest BCUT2D eigenvalue weighted by Gasteiger charge is 2.56. The van der Waals surface area contributed by atoms with Gasteiger partial charge in [-0.15, -0.1) is 0 Å². The van der Waals surface area contributed by atoms with Gasteiger partial charge in [-0.05, 0) is 61.0 Å². The monoisotopic (exact) mass is 653 g/mol. The zero-order chi connectivity index (χ0) is 28.1. The highest BCUT2D eigenvalue weighted by atomic mass is 79.9. The van der Waals surface area contributed by atoms with Crippen LogP contribution in [0, 0.1) is 12.8 Å². The molecule has 3 aromatic carbocycles. The highest BCUT2D eigenvalue weighted by molar-refractivity contribution is 9.10. The number of fused-ring (bicyclic) bond motifs is 2. The first-order chi connectivity index (χ1) is 19.2. The summed E-state index contributed by atoms with van der Waals surface area (Å²) >= 11 is 11.8. The molecule has 6 rings (SSSR count). The molecule has 3 amide bonds. The third kappa shape index (κ3) is 4.83. The number of rotatable bonds is 5. The summed E-state index contributed by atoms with van der Waals surface area (Å²) in [6.07, 6.45) is 0. The minimum atomic E-state index is -0.764. The van der Waals surface area contributed by atoms with Crippen molar-refractivity contribution in [3.8, 4) is 0 Å². The molecule has 3 unspecified atom stereocenters. The molecule has 11 heteroatoms. The molecule has 1 N–H and O–H groups in total. The predicted octanol–water partition coefficient (Wildman–Crippen LogP) is 6.07. The van der Waals surface area contributed by atoms with Crippen molar-refractivity contribution in [3.05, 3.63) is 108 Å². The Morgan fingerprint density at radius 3 is 2.42 bits per heavy atom. The molecular formula is C29H21BrClN3O4S2. The SMILES string of the molecule is Cc1ccc(NC(=O)Cn2c3c(sc2=O)C(c2cccc(Br)c2)C2C(=O)N(c4ccc(Cl)cc4)C(=O)C2S3)cc1. The molecule has 1 saturated heterocycles. The zero-order valence-electron chi connectivity index (χ0n) is 21.0. The maximum atomic E-state index is 13.9. The molecule has 4 aromatic rings. The molecule has 7 nitrogen and oxygen atoms in total. The van der Waals surface area contributed by atoms with Crippen LogP contribution in [0.1, 0.15) is 21.9 Å². The van der Waals surface area contributed by atoms with E-state index in [4.69, 9.17) is 11.6 Å². The molecule has 0 radical (unpaired) electrons. The number of amides is 3. The number of anilines is 2. The number of imide groups is 1. The Kier molecular flexibility index (Phi) is 7.20. The van der Waals surface area contributed by atoms with E-state index in [1.165, 1.54) is 21.2 Å². The number of halogens is 2. The van der Waals surface area contributed by atoms with Gasteiger partial charge in [0.25, 0.3) is 0 Å². The van der Waals surface area contributed by atoms with Crippen LogP contribution < -0.4 is 15.1 Å². The van der Waals surface area contributed by atoms with Gasteiger partial charge in [-0.25, -0.2) is 4.90 Å². The van der Waals surface area contributed by atoms with Crippen molar-refractivity contribution in [1.82, 2.24) is 4.57 Å². The van der Waals surface area contributed by atoms with Gasteiger partial charge in [0.2, 0.25) is 17.7 Å². The van der Waals surface area contributed by atoms with Crippen molar-refractivity contribution in [1.29, 1.82) is 0 Å². The number of hydrogen-bond donors (Lipinski definition) is 1. The fourth-order valence-electron chi connectivity index (χ4n) is 5.14. The summed E-state index contributed by atoms with van der Waals surface area (Å²) in [5.41, 5.74) is 2.94. The molecule has 2 aliphatic rings. The van der Waals surface area contributed by atoms with Crippen LogP contribution in [-0.4, -0.2) is 27.5 Å². The fourth-order valence-corrected chi connectivity index (χ4v) is 8.46. The molecule has 0 spiro atoms. The maximum Gasteiger partial charge on any atom is 0.308 e. The number of carbonyl (C=O) groups excluding carboxylic acids is 3. The first kappa shape index (κ1) is 27.0. The second kappa shape index (κ2) is 10.7. The summed E-state index contributed by atoms with van der Waals surface area (Å²) < 4.78 is 2.23. The van der Waals surface area contributed by atoms with Gasteiger partial charge in [0.15, 0.2) is 0 Å². The number of benzene rings is 3. The van der Waals surface area contributed by atoms with Crippen molar-refractivity contribution < 1.29 is 14.4 Å². The van der Waals surface area contributed by atoms with Crippen LogP contribution in [0.25, 0.3) is 0 Å². The molecule has 1 aromatic heterocycles. The Morgan fingerprint density at radius 2 is 1.73 bits per heavy atom. The summed E-state index contributed by atoms with van der Waals surface area (Å²) in [7, 11) is 0. The summed E-state index contributed by atoms with van der Waals surface area (Å²) in [4.78, 5) is 55.5. The Bertz CT molecular complexity index is 1720. The number of thiazole rings is 1. The lowest BCUT2D eigenvalue weighted by Crippen LogP contribution is -2.33. The summed E-state index contributed by atoms with van der Waals surface area (Å²) in [5.74, 6) is -2.30. The second-order valence-electron chi connectivity index (χ2n) is 9.62. The summed E-state index contributed by atoms with van der Waals surface area (Å²) in [6.45, 7) is 1.75. The van der Waals surface area contributed by atoms with E-state index in [9.17, 15) is 19.2 Å². The molecule has 0 aliphatic carbocycles. The molecule has 1 fully saturated rings. The average molecular weight is 655 g/mol. The van der Waals surface area contributed by atoms with Gasteiger partial charge in [-0.1, -0.05) is 80.5 Å². The van der Waals surface area contributed by atoms with E-state index in [0.717, 1.165) is 26.9 Å². The number of aromatic nitrogens is 1. The third-order valence-corrected chi connectivity index (χ3v) is 10.3. The van der Waals surface area contributed by atoms with Gasteiger partial charge >= 0.3 is 4.87 Å². The van der Waals surface area contributed by atoms with Gasteiger partial charge in [-0.2, -0.15) is 0 Å². The Balaban J connectivity index is 1.41. The molecule has 202 valence electrons. The first-order valence-electron chi connectivity index (χ1n) is 12.4. The van der Waals surface area contributed by atoms with Crippen molar-refractivity contribution >= 4 is 79.7 Å². The van der Waals surface area contributed by atoms with E-state index < -0.39 is 17.1 Å². The minimum Gasteiger partial charge on any atom is -0.325 e. The lowest BCUT2D eigenvalue weighted by molar-refractivity contribution is -0.122. The van der Waals surface area contributed by atoms with Gasteiger partial charge in [0.1, 0.15) is 11.8 Å². The average Bonchev–Trinajstić information content (AvgIpc) is 3.36. The topological polar surface area (TPSA) is 88.5 Å². The third-order valence-electron chi connectivity index (χ3n) is 6.98. The van der Waals surface area contributed by atoms with E-state index in [1.54, 1.807) is 36.4 Å². The molecule has 40 heavy (non-hydrogen) atoms. The van der Waals surface area contributed by atoms with Crippen LogP contribution in [0.5, 0.6) is 0 Å². The lowest BCUT2D eigenvalue weighted by Gasteiger charge is -2.30. The molecule has 3 heterocycles. The van der Waals surface area contributed by atoms with Gasteiger partial charge in [0.05, 0.1) is 16.6 Å². The summed E-state index contributed by atoms with van der Waals surface area (Å²) in [6, 6.07) is 21.5. The quantitative estimate of drug-likeness (QED) is 0.264. The van der Waals surface area contributed by atoms with Crippen molar-refractivity contribution in [2.75, 3.05) is 10.2 Å². The Labute approximate surface area is 251 Å². The van der Waals surface area contributed by atoms with Crippen LogP contribution >= 0.6 is 50.6 Å². The number of thioether (sulfide) groups is 1. The minimum absolute atomic E-state index is 0.211. The van der Waals surface area contributed by atoms with E-state index in [1.807, 2.05) is 43.3 Å². The van der Waals surface area contributed by atoms with Crippen LogP contribution in [0.4, 0.5) is 11.4 Å². The number of nitrogens with zero attached hydrogens (tertiary/aromatic N) is 2. The fraction of sp³-hybridized carbons (Fsp3) is 0.172. The largest absolute Gasteiger partial charge is 0.325 e. The Morgan fingerprint density at radius 1 is 1.00 bits per heavy atom. The van der Waals surface area contributed by atoms with Gasteiger partial charge < -0.3 is 5.32 Å². The van der Waals surface area contributed by atoms with E-state index in [-0.39, 0.29) is 29.1 Å². The number of hydrogen-bond acceptors (Lipinski definition) is 6. The molecule has 0 bridgehead atoms. The normalized spacial score (nSPS) is 19.9. The standard InChI is InChI=1S/C29H21BrClN3O4S2/c1-15-5-9-19(10-6-15)32-21(35)14-33-28-25(40-29(33)38)22(16-3-2-4-17(30)13-16)23-24(39-28)27(37)34(26(23)36)20-11-7-18(31)8-12-20/h2-13,22-24H,14H2,1H3,(H,32,35). The summed E-state index contributed by atoms with van der Waals surface area (Å²) in [5, 5.41) is 3.11. The van der Waals surface area contributed by atoms with Crippen LogP contribution in [0.3, 0.4) is 0 Å². The van der Waals surface area contributed by atoms with Crippen LogP contribution in [0.2, 0.25) is 5.02 Å². The van der Waals surface area contributed by atoms with E-state index >= 15 is 0 Å². The van der Waals surface area contributed by atoms with Gasteiger partial charge in [0, 0.05) is 26.0 Å². The van der Waals surface area contributed by atoms with Gasteiger partial charge in [-0.3, -0.25) is 23.7 Å². The molecule has 3 atom stereocenters. The van der Waals surface area contributed by atoms with E-state index in [0.29, 0.717) is 26.3 Å². The maximum absolute atomic E-state index is 13.9. The number of nitrogens with one attached hydrogen (secondary N) is 1. The predicted molar refractivity (Wildman–Crippen MR) is 161 cm³/mol. The number of carbonyl (C=O) groups is 3. The Hall–Kier alpha value is -3.18. The first-order valence-corrected chi connectivity index (χ1v) is 15.2. The molecule has 0 saturated carbocycles. The van der Waals surface area contributed by atoms with Crippen LogP contribution in [-0.2, 0) is 20.9 Å². The second-order valence-corrected chi connectivity index (χ2v) is 13.1.